The zero-order valence-electron chi connectivity index (χ0n) is 19.2. The summed E-state index contributed by atoms with van der Waals surface area (Å²) < 4.78 is 6.92. The summed E-state index contributed by atoms with van der Waals surface area (Å²) in [6.45, 7) is 3.98. The number of aliphatic hydroxyl groups excluding tert-OH is 1. The third kappa shape index (κ3) is 4.02. The maximum Gasteiger partial charge on any atom is 0.301 e. The summed E-state index contributed by atoms with van der Waals surface area (Å²) in [5, 5.41) is 11.7. The molecule has 0 radical (unpaired) electrons. The van der Waals surface area contributed by atoms with E-state index in [4.69, 9.17) is 9.72 Å². The van der Waals surface area contributed by atoms with E-state index < -0.39 is 17.7 Å². The summed E-state index contributed by atoms with van der Waals surface area (Å²) in [6, 6.07) is 17.3. The van der Waals surface area contributed by atoms with Crippen LogP contribution in [0.5, 0.6) is 5.75 Å². The van der Waals surface area contributed by atoms with Crippen LogP contribution in [0.1, 0.15) is 28.3 Å². The van der Waals surface area contributed by atoms with E-state index in [2.05, 4.69) is 15.9 Å². The number of rotatable bonds is 4. The summed E-state index contributed by atoms with van der Waals surface area (Å²) in [5.74, 6) is -1.11. The summed E-state index contributed by atoms with van der Waals surface area (Å²) in [4.78, 5) is 32.9. The van der Waals surface area contributed by atoms with Gasteiger partial charge in [0, 0.05) is 10.0 Å². The predicted molar refractivity (Wildman–Crippen MR) is 141 cm³/mol. The molecule has 2 heterocycles. The van der Waals surface area contributed by atoms with Crippen LogP contribution in [0.15, 0.2) is 70.7 Å². The Morgan fingerprint density at radius 3 is 2.51 bits per heavy atom. The lowest BCUT2D eigenvalue weighted by atomic mass is 9.95. The highest BCUT2D eigenvalue weighted by molar-refractivity contribution is 9.10. The molecule has 1 unspecified atom stereocenters. The molecule has 0 spiro atoms. The Labute approximate surface area is 214 Å². The van der Waals surface area contributed by atoms with Crippen LogP contribution in [-0.2, 0) is 9.59 Å². The molecule has 1 aromatic heterocycles. The van der Waals surface area contributed by atoms with E-state index in [0.717, 1.165) is 25.8 Å². The van der Waals surface area contributed by atoms with E-state index in [0.29, 0.717) is 22.0 Å². The highest BCUT2D eigenvalue weighted by Gasteiger charge is 2.48. The van der Waals surface area contributed by atoms with Crippen molar-refractivity contribution in [2.24, 2.45) is 0 Å². The highest BCUT2D eigenvalue weighted by Crippen LogP contribution is 2.45. The summed E-state index contributed by atoms with van der Waals surface area (Å²) in [6.07, 6.45) is 0. The molecule has 4 aromatic rings. The Morgan fingerprint density at radius 2 is 1.83 bits per heavy atom. The number of fused-ring (bicyclic) bond motifs is 1. The van der Waals surface area contributed by atoms with E-state index in [-0.39, 0.29) is 11.3 Å². The van der Waals surface area contributed by atoms with Crippen LogP contribution < -0.4 is 9.64 Å². The minimum Gasteiger partial charge on any atom is -0.507 e. The van der Waals surface area contributed by atoms with E-state index in [1.54, 1.807) is 31.4 Å². The molecule has 1 aliphatic heterocycles. The van der Waals surface area contributed by atoms with Gasteiger partial charge < -0.3 is 9.84 Å². The first-order valence-corrected chi connectivity index (χ1v) is 12.5. The smallest absolute Gasteiger partial charge is 0.301 e. The standard InChI is InChI=1S/C27H21BrN2O4S/c1-14-11-15(2)22-20(12-14)35-27(29-22)30-23(17-5-4-6-18(28)13-17)21(25(32)26(30)33)24(31)16-7-9-19(34-3)10-8-16/h4-13,23,31H,1-3H3/b24-21+. The van der Waals surface area contributed by atoms with Crippen molar-refractivity contribution in [2.75, 3.05) is 12.0 Å². The molecular weight excluding hydrogens is 528 g/mol. The van der Waals surface area contributed by atoms with E-state index in [9.17, 15) is 14.7 Å². The molecule has 3 aromatic carbocycles. The fourth-order valence-electron chi connectivity index (χ4n) is 4.39. The van der Waals surface area contributed by atoms with Crippen molar-refractivity contribution in [3.05, 3.63) is 93.0 Å². The molecule has 176 valence electrons. The van der Waals surface area contributed by atoms with Crippen molar-refractivity contribution in [1.82, 2.24) is 4.98 Å². The molecule has 8 heteroatoms. The lowest BCUT2D eigenvalue weighted by Gasteiger charge is -2.23. The Balaban J connectivity index is 1.73. The van der Waals surface area contributed by atoms with Gasteiger partial charge >= 0.3 is 5.91 Å². The zero-order valence-corrected chi connectivity index (χ0v) is 21.6. The minimum absolute atomic E-state index is 0.0189. The topological polar surface area (TPSA) is 79.7 Å². The number of ketones is 1. The molecule has 1 saturated heterocycles. The number of ether oxygens (including phenoxy) is 1. The van der Waals surface area contributed by atoms with Crippen molar-refractivity contribution in [3.63, 3.8) is 0 Å². The normalized spacial score (nSPS) is 17.4. The average Bonchev–Trinajstić information content (AvgIpc) is 3.37. The van der Waals surface area contributed by atoms with Crippen LogP contribution in [0.3, 0.4) is 0 Å². The van der Waals surface area contributed by atoms with E-state index in [1.165, 1.54) is 16.2 Å². The Bertz CT molecular complexity index is 1520. The van der Waals surface area contributed by atoms with Crippen molar-refractivity contribution >= 4 is 60.1 Å². The number of aromatic nitrogens is 1. The highest BCUT2D eigenvalue weighted by atomic mass is 79.9. The molecule has 1 fully saturated rings. The van der Waals surface area contributed by atoms with Crippen molar-refractivity contribution < 1.29 is 19.4 Å². The second kappa shape index (κ2) is 8.94. The first kappa shape index (κ1) is 23.3. The fourth-order valence-corrected chi connectivity index (χ4v) is 5.97. The lowest BCUT2D eigenvalue weighted by Crippen LogP contribution is -2.29. The van der Waals surface area contributed by atoms with Crippen LogP contribution >= 0.6 is 27.3 Å². The number of nitrogens with zero attached hydrogens (tertiary/aromatic N) is 2. The number of benzene rings is 3. The minimum atomic E-state index is -0.837. The number of carbonyl (C=O) groups excluding carboxylic acids is 2. The van der Waals surface area contributed by atoms with Gasteiger partial charge in [-0.25, -0.2) is 4.98 Å². The molecule has 0 aliphatic carbocycles. The van der Waals surface area contributed by atoms with Crippen LogP contribution in [0.25, 0.3) is 16.0 Å². The van der Waals surface area contributed by atoms with Gasteiger partial charge in [0.05, 0.1) is 28.9 Å². The van der Waals surface area contributed by atoms with Crippen molar-refractivity contribution in [1.29, 1.82) is 0 Å². The summed E-state index contributed by atoms with van der Waals surface area (Å²) in [7, 11) is 1.55. The molecule has 1 atom stereocenters. The molecule has 0 bridgehead atoms. The number of hydrogen-bond donors (Lipinski definition) is 1. The van der Waals surface area contributed by atoms with Crippen molar-refractivity contribution in [3.8, 4) is 5.75 Å². The number of thiazole rings is 1. The van der Waals surface area contributed by atoms with Gasteiger partial charge in [0.2, 0.25) is 0 Å². The Morgan fingerprint density at radius 1 is 1.09 bits per heavy atom. The molecule has 1 N–H and O–H groups in total. The van der Waals surface area contributed by atoms with Gasteiger partial charge in [0.1, 0.15) is 11.5 Å². The molecule has 1 amide bonds. The molecule has 35 heavy (non-hydrogen) atoms. The van der Waals surface area contributed by atoms with Gasteiger partial charge in [-0.1, -0.05) is 45.5 Å². The quantitative estimate of drug-likeness (QED) is 0.183. The molecular formula is C27H21BrN2O4S. The monoisotopic (exact) mass is 548 g/mol. The number of carbonyl (C=O) groups is 2. The molecule has 5 rings (SSSR count). The second-order valence-corrected chi connectivity index (χ2v) is 10.3. The second-order valence-electron chi connectivity index (χ2n) is 8.38. The molecule has 1 aliphatic rings. The number of methoxy groups -OCH3 is 1. The number of hydrogen-bond acceptors (Lipinski definition) is 6. The third-order valence-electron chi connectivity index (χ3n) is 6.00. The number of aliphatic hydroxyl groups is 1. The van der Waals surface area contributed by atoms with Gasteiger partial charge in [-0.2, -0.15) is 0 Å². The maximum atomic E-state index is 13.4. The fraction of sp³-hybridized carbons (Fsp3) is 0.148. The number of amides is 1. The third-order valence-corrected chi connectivity index (χ3v) is 7.49. The van der Waals surface area contributed by atoms with Crippen LogP contribution in [0, 0.1) is 13.8 Å². The zero-order chi connectivity index (χ0) is 24.9. The lowest BCUT2D eigenvalue weighted by molar-refractivity contribution is -0.132. The number of Topliss-reactive ketones (excluding diaryl/α,β-unsaturated/α-hetero) is 1. The van der Waals surface area contributed by atoms with Crippen LogP contribution in [0.2, 0.25) is 0 Å². The Hall–Kier alpha value is -3.49. The van der Waals surface area contributed by atoms with Crippen LogP contribution in [0.4, 0.5) is 5.13 Å². The van der Waals surface area contributed by atoms with Gasteiger partial charge in [-0.3, -0.25) is 14.5 Å². The maximum absolute atomic E-state index is 13.4. The van der Waals surface area contributed by atoms with Crippen LogP contribution in [-0.4, -0.2) is 28.9 Å². The molecule has 6 nitrogen and oxygen atoms in total. The van der Waals surface area contributed by atoms with E-state index in [1.807, 2.05) is 50.2 Å². The van der Waals surface area contributed by atoms with Gasteiger partial charge in [0.25, 0.3) is 5.78 Å². The average molecular weight is 549 g/mol. The summed E-state index contributed by atoms with van der Waals surface area (Å²) >= 11 is 4.84. The van der Waals surface area contributed by atoms with Crippen molar-refractivity contribution in [2.45, 2.75) is 19.9 Å². The number of anilines is 1. The Kier molecular flexibility index (Phi) is 5.94. The number of aryl methyl sites for hydroxylation is 2. The van der Waals surface area contributed by atoms with Gasteiger partial charge in [-0.05, 0) is 73.0 Å². The largest absolute Gasteiger partial charge is 0.507 e. The first-order chi connectivity index (χ1) is 16.8. The predicted octanol–water partition coefficient (Wildman–Crippen LogP) is 6.31. The SMILES string of the molecule is COc1ccc(/C(O)=C2\C(=O)C(=O)N(c3nc4c(C)cc(C)cc4s3)C2c2cccc(Br)c2)cc1. The molecule has 0 saturated carbocycles. The number of halogens is 1. The summed E-state index contributed by atoms with van der Waals surface area (Å²) in [5.41, 5.74) is 4.00. The van der Waals surface area contributed by atoms with E-state index >= 15 is 0 Å². The van der Waals surface area contributed by atoms with Gasteiger partial charge in [0.15, 0.2) is 5.13 Å². The van der Waals surface area contributed by atoms with Gasteiger partial charge in [-0.15, -0.1) is 0 Å². The first-order valence-electron chi connectivity index (χ1n) is 10.9.